The quantitative estimate of drug-likeness (QED) is 0.946. The van der Waals surface area contributed by atoms with Gasteiger partial charge in [0.15, 0.2) is 0 Å². The van der Waals surface area contributed by atoms with E-state index in [1.54, 1.807) is 0 Å². The molecule has 2 aliphatic rings. The van der Waals surface area contributed by atoms with E-state index in [0.29, 0.717) is 6.54 Å². The number of para-hydroxylation sites is 1. The molecule has 1 fully saturated rings. The van der Waals surface area contributed by atoms with Crippen LogP contribution in [0.15, 0.2) is 54.6 Å². The van der Waals surface area contributed by atoms with Crippen molar-refractivity contribution in [2.45, 2.75) is 25.0 Å². The molecule has 2 atom stereocenters. The zero-order valence-corrected chi connectivity index (χ0v) is 12.9. The molecule has 2 aromatic carbocycles. The lowest BCUT2D eigenvalue weighted by atomic mass is 9.95. The van der Waals surface area contributed by atoms with Gasteiger partial charge in [-0.15, -0.1) is 0 Å². The Morgan fingerprint density at radius 3 is 2.65 bits per heavy atom. The third-order valence-electron chi connectivity index (χ3n) is 4.66. The highest BCUT2D eigenvalue weighted by molar-refractivity contribution is 5.75. The first-order chi connectivity index (χ1) is 11.3. The fraction of sp³-hybridized carbons (Fsp3) is 0.316. The van der Waals surface area contributed by atoms with Crippen LogP contribution in [0.25, 0.3) is 0 Å². The molecule has 1 saturated heterocycles. The predicted octanol–water partition coefficient (Wildman–Crippen LogP) is 3.15. The molecule has 2 amide bonds. The minimum absolute atomic E-state index is 0.00431. The largest absolute Gasteiger partial charge is 0.488 e. The predicted molar refractivity (Wildman–Crippen MR) is 88.5 cm³/mol. The number of hydrogen-bond donors (Lipinski definition) is 1. The number of amides is 2. The lowest BCUT2D eigenvalue weighted by Gasteiger charge is -2.41. The van der Waals surface area contributed by atoms with Crippen LogP contribution in [0.5, 0.6) is 5.75 Å². The Morgan fingerprint density at radius 2 is 1.91 bits per heavy atom. The van der Waals surface area contributed by atoms with Crippen molar-refractivity contribution in [2.75, 3.05) is 13.1 Å². The van der Waals surface area contributed by atoms with Gasteiger partial charge in [0.2, 0.25) is 0 Å². The van der Waals surface area contributed by atoms with Crippen LogP contribution >= 0.6 is 0 Å². The first-order valence-corrected chi connectivity index (χ1v) is 8.15. The van der Waals surface area contributed by atoms with E-state index in [9.17, 15) is 4.79 Å². The van der Waals surface area contributed by atoms with Gasteiger partial charge in [-0.3, -0.25) is 0 Å². The third-order valence-corrected chi connectivity index (χ3v) is 4.66. The molecule has 4 nitrogen and oxygen atoms in total. The van der Waals surface area contributed by atoms with Crippen LogP contribution in [0.2, 0.25) is 0 Å². The summed E-state index contributed by atoms with van der Waals surface area (Å²) < 4.78 is 5.87. The molecule has 0 aromatic heterocycles. The van der Waals surface area contributed by atoms with E-state index in [2.05, 4.69) is 23.5 Å². The number of rotatable bonds is 3. The van der Waals surface area contributed by atoms with Crippen molar-refractivity contribution < 1.29 is 9.53 Å². The van der Waals surface area contributed by atoms with Crippen molar-refractivity contribution in [3.8, 4) is 5.75 Å². The van der Waals surface area contributed by atoms with Crippen LogP contribution in [0.4, 0.5) is 4.79 Å². The maximum absolute atomic E-state index is 12.4. The van der Waals surface area contributed by atoms with Crippen molar-refractivity contribution in [3.63, 3.8) is 0 Å². The second kappa shape index (κ2) is 5.95. The number of carbonyl (C=O) groups is 1. The maximum atomic E-state index is 12.4. The highest BCUT2D eigenvalue weighted by Crippen LogP contribution is 2.33. The Kier molecular flexibility index (Phi) is 3.66. The molecule has 4 rings (SSSR count). The van der Waals surface area contributed by atoms with Crippen LogP contribution in [-0.4, -0.2) is 30.1 Å². The summed E-state index contributed by atoms with van der Waals surface area (Å²) in [5.74, 6) is 0.942. The fourth-order valence-corrected chi connectivity index (χ4v) is 3.32. The van der Waals surface area contributed by atoms with Crippen LogP contribution in [-0.2, 0) is 6.42 Å². The Bertz CT molecular complexity index is 677. The second-order valence-electron chi connectivity index (χ2n) is 6.15. The molecule has 118 valence electrons. The van der Waals surface area contributed by atoms with Crippen molar-refractivity contribution in [2.24, 2.45) is 0 Å². The molecule has 2 aromatic rings. The fourth-order valence-electron chi connectivity index (χ4n) is 3.32. The van der Waals surface area contributed by atoms with Gasteiger partial charge in [0.25, 0.3) is 0 Å². The topological polar surface area (TPSA) is 41.6 Å². The van der Waals surface area contributed by atoms with Crippen molar-refractivity contribution in [1.82, 2.24) is 10.2 Å². The molecule has 2 aliphatic heterocycles. The summed E-state index contributed by atoms with van der Waals surface area (Å²) in [6.45, 7) is 1.36. The molecule has 4 heteroatoms. The Hall–Kier alpha value is -2.49. The summed E-state index contributed by atoms with van der Waals surface area (Å²) in [6, 6.07) is 18.5. The number of likely N-dealkylation sites (tertiary alicyclic amines) is 1. The lowest BCUT2D eigenvalue weighted by molar-refractivity contribution is 0.112. The molecule has 2 unspecified atom stereocenters. The normalized spacial score (nSPS) is 22.0. The van der Waals surface area contributed by atoms with Gasteiger partial charge in [-0.2, -0.15) is 0 Å². The highest BCUT2D eigenvalue weighted by atomic mass is 16.5. The summed E-state index contributed by atoms with van der Waals surface area (Å²) in [6.07, 6.45) is 1.93. The summed E-state index contributed by atoms with van der Waals surface area (Å²) in [5.41, 5.74) is 2.43. The van der Waals surface area contributed by atoms with Crippen molar-refractivity contribution in [1.29, 1.82) is 0 Å². The van der Waals surface area contributed by atoms with E-state index >= 15 is 0 Å². The Morgan fingerprint density at radius 1 is 1.13 bits per heavy atom. The molecule has 2 heterocycles. The van der Waals surface area contributed by atoms with Gasteiger partial charge in [-0.1, -0.05) is 48.5 Å². The monoisotopic (exact) mass is 308 g/mol. The smallest absolute Gasteiger partial charge is 0.318 e. The molecule has 0 radical (unpaired) electrons. The molecule has 1 N–H and O–H groups in total. The molecular weight excluding hydrogens is 288 g/mol. The number of nitrogens with one attached hydrogen (secondary N) is 1. The van der Waals surface area contributed by atoms with E-state index in [1.165, 1.54) is 11.1 Å². The zero-order valence-electron chi connectivity index (χ0n) is 12.9. The summed E-state index contributed by atoms with van der Waals surface area (Å²) in [5, 5.41) is 3.02. The summed E-state index contributed by atoms with van der Waals surface area (Å²) >= 11 is 0. The average molecular weight is 308 g/mol. The van der Waals surface area contributed by atoms with Crippen LogP contribution in [0, 0.1) is 0 Å². The average Bonchev–Trinajstić information content (AvgIpc) is 2.96. The van der Waals surface area contributed by atoms with Crippen LogP contribution < -0.4 is 10.1 Å². The van der Waals surface area contributed by atoms with Gasteiger partial charge in [0, 0.05) is 13.0 Å². The van der Waals surface area contributed by atoms with Crippen LogP contribution in [0.1, 0.15) is 23.6 Å². The molecule has 23 heavy (non-hydrogen) atoms. The van der Waals surface area contributed by atoms with Gasteiger partial charge in [0.1, 0.15) is 11.9 Å². The van der Waals surface area contributed by atoms with Gasteiger partial charge >= 0.3 is 6.03 Å². The van der Waals surface area contributed by atoms with E-state index in [0.717, 1.165) is 25.1 Å². The van der Waals surface area contributed by atoms with Crippen molar-refractivity contribution >= 4 is 6.03 Å². The van der Waals surface area contributed by atoms with Gasteiger partial charge in [-0.05, 0) is 23.6 Å². The number of hydrogen-bond acceptors (Lipinski definition) is 2. The molecule has 0 aliphatic carbocycles. The number of nitrogens with zero attached hydrogens (tertiary/aromatic N) is 1. The molecule has 0 spiro atoms. The second-order valence-corrected chi connectivity index (χ2v) is 6.15. The van der Waals surface area contributed by atoms with Crippen LogP contribution in [0.3, 0.4) is 0 Å². The maximum Gasteiger partial charge on any atom is 0.318 e. The third kappa shape index (κ3) is 2.77. The standard InChI is InChI=1S/C19H20N2O2/c22-19(21-11-10-17(21)14-6-2-1-3-7-14)20-13-16-12-15-8-4-5-9-18(15)23-16/h1-9,16-17H,10-13H2,(H,20,22). The number of benzene rings is 2. The number of fused-ring (bicyclic) bond motifs is 1. The van der Waals surface area contributed by atoms with E-state index in [4.69, 9.17) is 4.74 Å². The Labute approximate surface area is 136 Å². The van der Waals surface area contributed by atoms with E-state index in [1.807, 2.05) is 41.3 Å². The molecular formula is C19H20N2O2. The van der Waals surface area contributed by atoms with E-state index in [-0.39, 0.29) is 18.2 Å². The first kappa shape index (κ1) is 14.1. The van der Waals surface area contributed by atoms with E-state index < -0.39 is 0 Å². The first-order valence-electron chi connectivity index (χ1n) is 8.15. The van der Waals surface area contributed by atoms with Gasteiger partial charge in [0.05, 0.1) is 12.6 Å². The lowest BCUT2D eigenvalue weighted by Crippen LogP contribution is -2.51. The Balaban J connectivity index is 1.31. The van der Waals surface area contributed by atoms with Gasteiger partial charge in [-0.25, -0.2) is 4.79 Å². The highest BCUT2D eigenvalue weighted by Gasteiger charge is 2.33. The number of ether oxygens (including phenoxy) is 1. The number of urea groups is 1. The molecule has 0 saturated carbocycles. The minimum Gasteiger partial charge on any atom is -0.488 e. The van der Waals surface area contributed by atoms with Crippen molar-refractivity contribution in [3.05, 3.63) is 65.7 Å². The summed E-state index contributed by atoms with van der Waals surface area (Å²) in [7, 11) is 0. The SMILES string of the molecule is O=C(NCC1Cc2ccccc2O1)N1CCC1c1ccccc1. The van der Waals surface area contributed by atoms with Gasteiger partial charge < -0.3 is 15.0 Å². The minimum atomic E-state index is 0.00431. The zero-order chi connectivity index (χ0) is 15.6. The summed E-state index contributed by atoms with van der Waals surface area (Å²) in [4.78, 5) is 14.3. The number of carbonyl (C=O) groups excluding carboxylic acids is 1. The molecule has 0 bridgehead atoms.